The molecule has 12 heavy (non-hydrogen) atoms. The zero-order chi connectivity index (χ0) is 8.55. The molecule has 1 aromatic rings. The number of rotatable bonds is 1. The van der Waals surface area contributed by atoms with Gasteiger partial charge in [0.05, 0.1) is 5.02 Å². The highest BCUT2D eigenvalue weighted by molar-refractivity contribution is 6.30. The molecule has 1 fully saturated rings. The van der Waals surface area contributed by atoms with Gasteiger partial charge in [0.25, 0.3) is 5.56 Å². The van der Waals surface area contributed by atoms with Gasteiger partial charge < -0.3 is 10.3 Å². The molecule has 2 N–H and O–H groups in total. The topological polar surface area (TPSA) is 44.9 Å². The molecule has 1 aliphatic rings. The van der Waals surface area contributed by atoms with Crippen molar-refractivity contribution in [3.8, 4) is 0 Å². The van der Waals surface area contributed by atoms with Crippen molar-refractivity contribution in [2.24, 2.45) is 0 Å². The summed E-state index contributed by atoms with van der Waals surface area (Å²) in [6.45, 7) is 0.983. The van der Waals surface area contributed by atoms with E-state index in [0.29, 0.717) is 5.02 Å². The van der Waals surface area contributed by atoms with E-state index in [1.54, 1.807) is 6.07 Å². The summed E-state index contributed by atoms with van der Waals surface area (Å²) in [6.07, 6.45) is 2.52. The van der Waals surface area contributed by atoms with Crippen LogP contribution >= 0.6 is 11.6 Å². The molecule has 0 unspecified atom stereocenters. The first-order chi connectivity index (χ1) is 5.77. The molecule has 2 rings (SSSR count). The van der Waals surface area contributed by atoms with Crippen LogP contribution in [-0.2, 0) is 0 Å². The van der Waals surface area contributed by atoms with Crippen molar-refractivity contribution in [1.29, 1.82) is 0 Å². The van der Waals surface area contributed by atoms with Crippen molar-refractivity contribution in [2.45, 2.75) is 12.5 Å². The lowest BCUT2D eigenvalue weighted by Crippen LogP contribution is -2.38. The largest absolute Gasteiger partial charge is 0.327 e. The van der Waals surface area contributed by atoms with E-state index in [2.05, 4.69) is 10.3 Å². The Balaban J connectivity index is 2.40. The van der Waals surface area contributed by atoms with Crippen molar-refractivity contribution in [2.75, 3.05) is 6.54 Å². The summed E-state index contributed by atoms with van der Waals surface area (Å²) in [7, 11) is 0. The molecule has 2 heterocycles. The molecule has 1 aliphatic heterocycles. The van der Waals surface area contributed by atoms with E-state index in [1.165, 1.54) is 6.20 Å². The van der Waals surface area contributed by atoms with Crippen LogP contribution in [-0.4, -0.2) is 11.5 Å². The van der Waals surface area contributed by atoms with E-state index in [-0.39, 0.29) is 11.6 Å². The Labute approximate surface area is 74.8 Å². The molecule has 3 nitrogen and oxygen atoms in total. The molecule has 0 radical (unpaired) electrons. The summed E-state index contributed by atoms with van der Waals surface area (Å²) >= 11 is 5.74. The van der Waals surface area contributed by atoms with Gasteiger partial charge in [0, 0.05) is 17.8 Å². The summed E-state index contributed by atoms with van der Waals surface area (Å²) in [5, 5.41) is 3.73. The number of hydrogen-bond donors (Lipinski definition) is 2. The first kappa shape index (κ1) is 7.83. The lowest BCUT2D eigenvalue weighted by Gasteiger charge is -2.27. The molecule has 1 saturated heterocycles. The SMILES string of the molecule is O=c1[nH]cc(Cl)cc1[C@@H]1CCN1. The third-order valence-electron chi connectivity index (χ3n) is 2.10. The van der Waals surface area contributed by atoms with Gasteiger partial charge in [-0.3, -0.25) is 4.79 Å². The first-order valence-corrected chi connectivity index (χ1v) is 4.26. The minimum Gasteiger partial charge on any atom is -0.327 e. The zero-order valence-electron chi connectivity index (χ0n) is 6.43. The monoisotopic (exact) mass is 184 g/mol. The highest BCUT2D eigenvalue weighted by Crippen LogP contribution is 2.20. The lowest BCUT2D eigenvalue weighted by molar-refractivity contribution is 0.380. The van der Waals surface area contributed by atoms with Crippen molar-refractivity contribution in [3.63, 3.8) is 0 Å². The quantitative estimate of drug-likeness (QED) is 0.686. The average molecular weight is 185 g/mol. The third kappa shape index (κ3) is 1.26. The molecular weight excluding hydrogens is 176 g/mol. The minimum absolute atomic E-state index is 0.0448. The normalized spacial score (nSPS) is 21.9. The maximum Gasteiger partial charge on any atom is 0.252 e. The first-order valence-electron chi connectivity index (χ1n) is 3.89. The van der Waals surface area contributed by atoms with Gasteiger partial charge in [0.1, 0.15) is 0 Å². The summed E-state index contributed by atoms with van der Waals surface area (Å²) < 4.78 is 0. The number of hydrogen-bond acceptors (Lipinski definition) is 2. The maximum absolute atomic E-state index is 11.3. The predicted octanol–water partition coefficient (Wildman–Crippen LogP) is 1.06. The summed E-state index contributed by atoms with van der Waals surface area (Å²) in [6, 6.07) is 1.92. The van der Waals surface area contributed by atoms with Gasteiger partial charge in [0.15, 0.2) is 0 Å². The van der Waals surface area contributed by atoms with Crippen LogP contribution in [0.15, 0.2) is 17.1 Å². The van der Waals surface area contributed by atoms with E-state index < -0.39 is 0 Å². The Hall–Kier alpha value is -0.800. The van der Waals surface area contributed by atoms with Crippen molar-refractivity contribution in [3.05, 3.63) is 33.2 Å². The predicted molar refractivity (Wildman–Crippen MR) is 47.4 cm³/mol. The standard InChI is InChI=1S/C8H9ClN2O/c9-5-3-6(7-1-2-10-7)8(12)11-4-5/h3-4,7,10H,1-2H2,(H,11,12)/t7-/m0/s1. The highest BCUT2D eigenvalue weighted by Gasteiger charge is 2.21. The molecule has 0 spiro atoms. The van der Waals surface area contributed by atoms with Crippen LogP contribution < -0.4 is 10.9 Å². The van der Waals surface area contributed by atoms with E-state index >= 15 is 0 Å². The fourth-order valence-corrected chi connectivity index (χ4v) is 1.46. The Kier molecular flexibility index (Phi) is 1.90. The van der Waals surface area contributed by atoms with E-state index in [9.17, 15) is 4.79 Å². The zero-order valence-corrected chi connectivity index (χ0v) is 7.19. The molecule has 1 aromatic heterocycles. The number of halogens is 1. The minimum atomic E-state index is -0.0448. The Morgan fingerprint density at radius 1 is 1.58 bits per heavy atom. The Bertz CT molecular complexity index is 343. The van der Waals surface area contributed by atoms with Crippen molar-refractivity contribution in [1.82, 2.24) is 10.3 Å². The van der Waals surface area contributed by atoms with Gasteiger partial charge in [0.2, 0.25) is 0 Å². The molecule has 64 valence electrons. The lowest BCUT2D eigenvalue weighted by atomic mass is 10.00. The number of pyridine rings is 1. The van der Waals surface area contributed by atoms with Crippen molar-refractivity contribution < 1.29 is 0 Å². The number of H-pyrrole nitrogens is 1. The summed E-state index contributed by atoms with van der Waals surface area (Å²) in [5.74, 6) is 0. The van der Waals surface area contributed by atoms with E-state index in [1.807, 2.05) is 0 Å². The summed E-state index contributed by atoms with van der Waals surface area (Å²) in [5.41, 5.74) is 0.699. The molecule has 4 heteroatoms. The number of nitrogens with one attached hydrogen (secondary N) is 2. The van der Waals surface area contributed by atoms with Crippen LogP contribution in [0.2, 0.25) is 5.02 Å². The molecule has 0 amide bonds. The molecular formula is C8H9ClN2O. The van der Waals surface area contributed by atoms with Gasteiger partial charge in [-0.25, -0.2) is 0 Å². The molecule has 0 aromatic carbocycles. The smallest absolute Gasteiger partial charge is 0.252 e. The van der Waals surface area contributed by atoms with Gasteiger partial charge in [-0.15, -0.1) is 0 Å². The van der Waals surface area contributed by atoms with E-state index in [0.717, 1.165) is 18.5 Å². The molecule has 0 aliphatic carbocycles. The second-order valence-electron chi connectivity index (χ2n) is 2.90. The average Bonchev–Trinajstić information content (AvgIpc) is 1.93. The number of aromatic nitrogens is 1. The maximum atomic E-state index is 11.3. The fraction of sp³-hybridized carbons (Fsp3) is 0.375. The van der Waals surface area contributed by atoms with Crippen molar-refractivity contribution >= 4 is 11.6 Å². The van der Waals surface area contributed by atoms with E-state index in [4.69, 9.17) is 11.6 Å². The Morgan fingerprint density at radius 2 is 2.33 bits per heavy atom. The highest BCUT2D eigenvalue weighted by atomic mass is 35.5. The molecule has 1 atom stereocenters. The third-order valence-corrected chi connectivity index (χ3v) is 2.31. The second kappa shape index (κ2) is 2.92. The number of aromatic amines is 1. The van der Waals surface area contributed by atoms with Crippen LogP contribution in [0.5, 0.6) is 0 Å². The van der Waals surface area contributed by atoms with Gasteiger partial charge in [-0.2, -0.15) is 0 Å². The van der Waals surface area contributed by atoms with Crippen LogP contribution in [0.4, 0.5) is 0 Å². The van der Waals surface area contributed by atoms with Gasteiger partial charge in [-0.1, -0.05) is 11.6 Å². The van der Waals surface area contributed by atoms with Crippen LogP contribution in [0.3, 0.4) is 0 Å². The van der Waals surface area contributed by atoms with Crippen LogP contribution in [0.1, 0.15) is 18.0 Å². The second-order valence-corrected chi connectivity index (χ2v) is 3.33. The van der Waals surface area contributed by atoms with Crippen LogP contribution in [0, 0.1) is 0 Å². The van der Waals surface area contributed by atoms with Crippen LogP contribution in [0.25, 0.3) is 0 Å². The summed E-state index contributed by atoms with van der Waals surface area (Å²) in [4.78, 5) is 13.8. The van der Waals surface area contributed by atoms with Gasteiger partial charge >= 0.3 is 0 Å². The Morgan fingerprint density at radius 3 is 2.92 bits per heavy atom. The molecule has 0 bridgehead atoms. The fourth-order valence-electron chi connectivity index (χ4n) is 1.29. The van der Waals surface area contributed by atoms with Gasteiger partial charge in [-0.05, 0) is 19.0 Å². The molecule has 0 saturated carbocycles.